The molecule has 1 saturated heterocycles. The highest BCUT2D eigenvalue weighted by Crippen LogP contribution is 2.29. The Hall–Kier alpha value is -0.620. The maximum absolute atomic E-state index is 12.3. The van der Waals surface area contributed by atoms with E-state index in [0.29, 0.717) is 19.5 Å². The number of carbonyl (C=O) groups excluding carboxylic acids is 1. The van der Waals surface area contributed by atoms with Gasteiger partial charge in [0.1, 0.15) is 0 Å². The summed E-state index contributed by atoms with van der Waals surface area (Å²) in [6, 6.07) is 0. The van der Waals surface area contributed by atoms with E-state index in [2.05, 4.69) is 0 Å². The lowest BCUT2D eigenvalue weighted by atomic mass is 9.97. The standard InChI is InChI=1S/C11H20N2O3S/c12-11(4-1-2-5-11)10(14)13-6-3-8-17(15,16)9-7-13/h1-9,12H2. The third-order valence-electron chi connectivity index (χ3n) is 3.76. The minimum atomic E-state index is -2.96. The highest BCUT2D eigenvalue weighted by Gasteiger charge is 2.40. The van der Waals surface area contributed by atoms with E-state index in [0.717, 1.165) is 25.7 Å². The summed E-state index contributed by atoms with van der Waals surface area (Å²) in [6.45, 7) is 0.830. The average Bonchev–Trinajstić information content (AvgIpc) is 2.62. The molecular formula is C11H20N2O3S. The first-order chi connectivity index (χ1) is 7.93. The van der Waals surface area contributed by atoms with Crippen molar-refractivity contribution in [2.24, 2.45) is 5.73 Å². The first-order valence-corrected chi connectivity index (χ1v) is 8.04. The number of hydrogen-bond donors (Lipinski definition) is 1. The highest BCUT2D eigenvalue weighted by molar-refractivity contribution is 7.91. The van der Waals surface area contributed by atoms with Gasteiger partial charge in [-0.05, 0) is 19.3 Å². The molecule has 1 aliphatic heterocycles. The topological polar surface area (TPSA) is 80.5 Å². The normalized spacial score (nSPS) is 27.7. The molecule has 0 aromatic rings. The van der Waals surface area contributed by atoms with Crippen LogP contribution in [0.3, 0.4) is 0 Å². The van der Waals surface area contributed by atoms with Crippen LogP contribution in [0.4, 0.5) is 0 Å². The molecule has 0 aromatic heterocycles. The van der Waals surface area contributed by atoms with E-state index in [9.17, 15) is 13.2 Å². The van der Waals surface area contributed by atoms with Crippen LogP contribution in [0, 0.1) is 0 Å². The zero-order valence-electron chi connectivity index (χ0n) is 10.0. The van der Waals surface area contributed by atoms with E-state index in [1.165, 1.54) is 0 Å². The van der Waals surface area contributed by atoms with Crippen LogP contribution < -0.4 is 5.73 Å². The second-order valence-corrected chi connectivity index (χ2v) is 7.46. The maximum Gasteiger partial charge on any atom is 0.242 e. The van der Waals surface area contributed by atoms with Gasteiger partial charge in [0.05, 0.1) is 17.0 Å². The van der Waals surface area contributed by atoms with Gasteiger partial charge in [0.2, 0.25) is 5.91 Å². The van der Waals surface area contributed by atoms with Gasteiger partial charge in [-0.15, -0.1) is 0 Å². The molecule has 0 spiro atoms. The van der Waals surface area contributed by atoms with E-state index in [4.69, 9.17) is 5.73 Å². The molecule has 2 N–H and O–H groups in total. The number of amides is 1. The smallest absolute Gasteiger partial charge is 0.242 e. The molecule has 0 radical (unpaired) electrons. The summed E-state index contributed by atoms with van der Waals surface area (Å²) in [7, 11) is -2.96. The van der Waals surface area contributed by atoms with Crippen molar-refractivity contribution in [2.45, 2.75) is 37.6 Å². The van der Waals surface area contributed by atoms with Crippen molar-refractivity contribution < 1.29 is 13.2 Å². The van der Waals surface area contributed by atoms with Crippen molar-refractivity contribution >= 4 is 15.7 Å². The van der Waals surface area contributed by atoms with Crippen molar-refractivity contribution in [3.05, 3.63) is 0 Å². The van der Waals surface area contributed by atoms with Gasteiger partial charge >= 0.3 is 0 Å². The number of hydrogen-bond acceptors (Lipinski definition) is 4. The minimum absolute atomic E-state index is 0.0490. The van der Waals surface area contributed by atoms with E-state index < -0.39 is 15.4 Å². The summed E-state index contributed by atoms with van der Waals surface area (Å²) in [5.74, 6) is 0.218. The molecule has 1 saturated carbocycles. The first kappa shape index (κ1) is 12.8. The molecule has 1 amide bonds. The predicted octanol–water partition coefficient (Wildman–Crippen LogP) is -0.0950. The van der Waals surface area contributed by atoms with Gasteiger partial charge in [-0.3, -0.25) is 4.79 Å². The number of rotatable bonds is 1. The molecule has 1 aliphatic carbocycles. The third kappa shape index (κ3) is 2.80. The summed E-state index contributed by atoms with van der Waals surface area (Å²) in [4.78, 5) is 13.9. The molecule has 0 bridgehead atoms. The van der Waals surface area contributed by atoms with Gasteiger partial charge in [-0.2, -0.15) is 0 Å². The fourth-order valence-electron chi connectivity index (χ4n) is 2.68. The molecular weight excluding hydrogens is 240 g/mol. The predicted molar refractivity (Wildman–Crippen MR) is 65.2 cm³/mol. The number of nitrogens with two attached hydrogens (primary N) is 1. The molecule has 98 valence electrons. The third-order valence-corrected chi connectivity index (χ3v) is 5.48. The van der Waals surface area contributed by atoms with Crippen molar-refractivity contribution in [2.75, 3.05) is 24.6 Å². The summed E-state index contributed by atoms with van der Waals surface area (Å²) >= 11 is 0. The molecule has 0 atom stereocenters. The molecule has 2 aliphatic rings. The van der Waals surface area contributed by atoms with Gasteiger partial charge in [0, 0.05) is 13.1 Å². The van der Waals surface area contributed by atoms with Gasteiger partial charge in [0.25, 0.3) is 0 Å². The van der Waals surface area contributed by atoms with Crippen LogP contribution in [0.5, 0.6) is 0 Å². The van der Waals surface area contributed by atoms with Crippen molar-refractivity contribution in [3.63, 3.8) is 0 Å². The molecule has 0 aromatic carbocycles. The Morgan fingerprint density at radius 3 is 2.35 bits per heavy atom. The summed E-state index contributed by atoms with van der Waals surface area (Å²) in [6.07, 6.45) is 3.98. The number of carbonyl (C=O) groups is 1. The Kier molecular flexibility index (Phi) is 3.45. The van der Waals surface area contributed by atoms with Crippen LogP contribution in [0.2, 0.25) is 0 Å². The van der Waals surface area contributed by atoms with Crippen LogP contribution in [-0.4, -0.2) is 49.4 Å². The van der Waals surface area contributed by atoms with Crippen molar-refractivity contribution in [1.82, 2.24) is 4.90 Å². The number of nitrogens with zero attached hydrogens (tertiary/aromatic N) is 1. The minimum Gasteiger partial charge on any atom is -0.340 e. The Morgan fingerprint density at radius 1 is 1.06 bits per heavy atom. The molecule has 17 heavy (non-hydrogen) atoms. The molecule has 6 heteroatoms. The average molecular weight is 260 g/mol. The van der Waals surface area contributed by atoms with E-state index in [-0.39, 0.29) is 17.4 Å². The van der Waals surface area contributed by atoms with Gasteiger partial charge in [-0.25, -0.2) is 8.42 Å². The lowest BCUT2D eigenvalue weighted by molar-refractivity contribution is -0.136. The Labute approximate surface area is 102 Å². The van der Waals surface area contributed by atoms with Crippen LogP contribution in [0.25, 0.3) is 0 Å². The van der Waals surface area contributed by atoms with E-state index >= 15 is 0 Å². The van der Waals surface area contributed by atoms with Crippen molar-refractivity contribution in [3.8, 4) is 0 Å². The lowest BCUT2D eigenvalue weighted by Gasteiger charge is -2.30. The second kappa shape index (κ2) is 4.57. The van der Waals surface area contributed by atoms with Crippen LogP contribution in [0.15, 0.2) is 0 Å². The SMILES string of the molecule is NC1(C(=O)N2CCCS(=O)(=O)CC2)CCCC1. The Balaban J connectivity index is 2.05. The molecule has 2 fully saturated rings. The largest absolute Gasteiger partial charge is 0.340 e. The Bertz CT molecular complexity index is 399. The van der Waals surface area contributed by atoms with E-state index in [1.807, 2.05) is 0 Å². The highest BCUT2D eigenvalue weighted by atomic mass is 32.2. The lowest BCUT2D eigenvalue weighted by Crippen LogP contribution is -2.54. The van der Waals surface area contributed by atoms with Crippen LogP contribution in [-0.2, 0) is 14.6 Å². The second-order valence-electron chi connectivity index (χ2n) is 5.16. The summed E-state index contributed by atoms with van der Waals surface area (Å²) in [5, 5.41) is 0. The van der Waals surface area contributed by atoms with E-state index in [1.54, 1.807) is 4.90 Å². The summed E-state index contributed by atoms with van der Waals surface area (Å²) < 4.78 is 22.9. The fourth-order valence-corrected chi connectivity index (χ4v) is 3.95. The van der Waals surface area contributed by atoms with Gasteiger partial charge in [0.15, 0.2) is 9.84 Å². The summed E-state index contributed by atoms with van der Waals surface area (Å²) in [5.41, 5.74) is 5.38. The number of sulfone groups is 1. The zero-order chi connectivity index (χ0) is 12.5. The molecule has 0 unspecified atom stereocenters. The fraction of sp³-hybridized carbons (Fsp3) is 0.909. The quantitative estimate of drug-likeness (QED) is 0.714. The van der Waals surface area contributed by atoms with Gasteiger partial charge in [-0.1, -0.05) is 12.8 Å². The molecule has 1 heterocycles. The van der Waals surface area contributed by atoms with Gasteiger partial charge < -0.3 is 10.6 Å². The molecule has 5 nitrogen and oxygen atoms in total. The van der Waals surface area contributed by atoms with Crippen molar-refractivity contribution in [1.29, 1.82) is 0 Å². The zero-order valence-corrected chi connectivity index (χ0v) is 10.8. The van der Waals surface area contributed by atoms with Crippen LogP contribution >= 0.6 is 0 Å². The van der Waals surface area contributed by atoms with Crippen LogP contribution in [0.1, 0.15) is 32.1 Å². The monoisotopic (exact) mass is 260 g/mol. The maximum atomic E-state index is 12.3. The Morgan fingerprint density at radius 2 is 1.71 bits per heavy atom. The molecule has 2 rings (SSSR count). The first-order valence-electron chi connectivity index (χ1n) is 6.22.